The van der Waals surface area contributed by atoms with Crippen molar-refractivity contribution in [2.45, 2.75) is 45.7 Å². The third kappa shape index (κ3) is 4.28. The third-order valence-corrected chi connectivity index (χ3v) is 3.63. The first-order chi connectivity index (χ1) is 7.82. The van der Waals surface area contributed by atoms with Crippen LogP contribution in [0.5, 0.6) is 0 Å². The van der Waals surface area contributed by atoms with E-state index in [0.717, 1.165) is 26.2 Å². The minimum atomic E-state index is -0.0831. The van der Waals surface area contributed by atoms with Gasteiger partial charge < -0.3 is 10.2 Å². The molecule has 4 nitrogen and oxygen atoms in total. The van der Waals surface area contributed by atoms with Gasteiger partial charge in [-0.1, -0.05) is 0 Å². The Morgan fingerprint density at radius 3 is 2.35 bits per heavy atom. The van der Waals surface area contributed by atoms with Crippen molar-refractivity contribution in [1.29, 1.82) is 0 Å². The fourth-order valence-corrected chi connectivity index (χ4v) is 2.02. The van der Waals surface area contributed by atoms with Gasteiger partial charge in [0.2, 0.25) is 5.91 Å². The van der Waals surface area contributed by atoms with Crippen molar-refractivity contribution in [3.8, 4) is 0 Å². The normalized spacial score (nSPS) is 20.1. The van der Waals surface area contributed by atoms with E-state index in [1.165, 1.54) is 0 Å². The molecule has 0 aromatic carbocycles. The monoisotopic (exact) mass is 241 g/mol. The van der Waals surface area contributed by atoms with E-state index in [0.29, 0.717) is 12.5 Å². The third-order valence-electron chi connectivity index (χ3n) is 3.63. The first kappa shape index (κ1) is 14.5. The minimum Gasteiger partial charge on any atom is -0.341 e. The van der Waals surface area contributed by atoms with E-state index >= 15 is 0 Å². The maximum absolute atomic E-state index is 12.1. The highest BCUT2D eigenvalue weighted by Crippen LogP contribution is 2.14. The highest BCUT2D eigenvalue weighted by molar-refractivity contribution is 5.77. The van der Waals surface area contributed by atoms with Gasteiger partial charge in [0.15, 0.2) is 0 Å². The molecule has 1 N–H and O–H groups in total. The molecule has 1 aliphatic rings. The van der Waals surface area contributed by atoms with Gasteiger partial charge in [-0.05, 0) is 27.7 Å². The summed E-state index contributed by atoms with van der Waals surface area (Å²) in [5.74, 6) is 0.239. The Hall–Kier alpha value is -0.610. The average molecular weight is 241 g/mol. The Kier molecular flexibility index (Phi) is 4.95. The van der Waals surface area contributed by atoms with Crippen molar-refractivity contribution in [3.63, 3.8) is 0 Å². The van der Waals surface area contributed by atoms with E-state index in [4.69, 9.17) is 0 Å². The molecule has 1 heterocycles. The number of carbonyl (C=O) groups is 1. The van der Waals surface area contributed by atoms with Crippen LogP contribution in [0.15, 0.2) is 0 Å². The number of carbonyl (C=O) groups excluding carboxylic acids is 1. The number of hydrogen-bond donors (Lipinski definition) is 1. The summed E-state index contributed by atoms with van der Waals surface area (Å²) in [6.07, 6.45) is 0.619. The fraction of sp³-hybridized carbons (Fsp3) is 0.923. The van der Waals surface area contributed by atoms with Crippen LogP contribution >= 0.6 is 0 Å². The van der Waals surface area contributed by atoms with Crippen LogP contribution in [0.4, 0.5) is 0 Å². The topological polar surface area (TPSA) is 35.6 Å². The number of hydrogen-bond acceptors (Lipinski definition) is 3. The van der Waals surface area contributed by atoms with Crippen LogP contribution in [0, 0.1) is 0 Å². The van der Waals surface area contributed by atoms with Gasteiger partial charge >= 0.3 is 0 Å². The summed E-state index contributed by atoms with van der Waals surface area (Å²) in [4.78, 5) is 16.4. The molecule has 0 radical (unpaired) electrons. The molecule has 1 unspecified atom stereocenters. The Bertz CT molecular complexity index is 254. The molecule has 1 fully saturated rings. The van der Waals surface area contributed by atoms with Crippen LogP contribution in [-0.2, 0) is 4.79 Å². The first-order valence-corrected chi connectivity index (χ1v) is 6.54. The second kappa shape index (κ2) is 5.83. The Morgan fingerprint density at radius 2 is 1.88 bits per heavy atom. The van der Waals surface area contributed by atoms with Gasteiger partial charge in [-0.3, -0.25) is 9.69 Å². The molecule has 1 amide bonds. The van der Waals surface area contributed by atoms with Crippen molar-refractivity contribution < 1.29 is 4.79 Å². The molecule has 1 saturated heterocycles. The molecular weight excluding hydrogens is 214 g/mol. The van der Waals surface area contributed by atoms with Gasteiger partial charge in [-0.15, -0.1) is 0 Å². The van der Waals surface area contributed by atoms with Crippen molar-refractivity contribution in [2.24, 2.45) is 0 Å². The van der Waals surface area contributed by atoms with E-state index < -0.39 is 0 Å². The van der Waals surface area contributed by atoms with Gasteiger partial charge in [0.25, 0.3) is 0 Å². The van der Waals surface area contributed by atoms with Crippen LogP contribution < -0.4 is 5.32 Å². The van der Waals surface area contributed by atoms with Crippen molar-refractivity contribution in [3.05, 3.63) is 0 Å². The highest BCUT2D eigenvalue weighted by atomic mass is 16.2. The maximum Gasteiger partial charge on any atom is 0.224 e. The lowest BCUT2D eigenvalue weighted by molar-refractivity contribution is -0.135. The number of nitrogens with zero attached hydrogens (tertiary/aromatic N) is 2. The largest absolute Gasteiger partial charge is 0.341 e. The van der Waals surface area contributed by atoms with E-state index in [9.17, 15) is 4.79 Å². The van der Waals surface area contributed by atoms with E-state index in [1.54, 1.807) is 0 Å². The minimum absolute atomic E-state index is 0.0831. The van der Waals surface area contributed by atoms with Gasteiger partial charge in [0.05, 0.1) is 0 Å². The Balaban J connectivity index is 2.44. The lowest BCUT2D eigenvalue weighted by Crippen LogP contribution is -2.50. The van der Waals surface area contributed by atoms with Crippen LogP contribution in [0.2, 0.25) is 0 Å². The van der Waals surface area contributed by atoms with Crippen LogP contribution in [-0.4, -0.2) is 60.5 Å². The fourth-order valence-electron chi connectivity index (χ4n) is 2.02. The predicted octanol–water partition coefficient (Wildman–Crippen LogP) is 0.927. The molecule has 100 valence electrons. The molecule has 1 aliphatic heterocycles. The van der Waals surface area contributed by atoms with Gasteiger partial charge in [-0.25, -0.2) is 0 Å². The molecule has 1 rings (SSSR count). The summed E-state index contributed by atoms with van der Waals surface area (Å²) in [5.41, 5.74) is -0.0831. The summed E-state index contributed by atoms with van der Waals surface area (Å²) in [6.45, 7) is 12.5. The van der Waals surface area contributed by atoms with Crippen LogP contribution in [0.1, 0.15) is 34.1 Å². The summed E-state index contributed by atoms with van der Waals surface area (Å²) >= 11 is 0. The zero-order valence-electron chi connectivity index (χ0n) is 11.9. The SMILES string of the molecule is CC(CC(=O)N(C)C(C)(C)C)N1CCNCC1. The zero-order valence-corrected chi connectivity index (χ0v) is 11.9. The Morgan fingerprint density at radius 1 is 1.35 bits per heavy atom. The molecule has 0 spiro atoms. The molecule has 4 heteroatoms. The standard InChI is InChI=1S/C13H27N3O/c1-11(16-8-6-14-7-9-16)10-12(17)15(5)13(2,3)4/h11,14H,6-10H2,1-5H3. The number of nitrogens with one attached hydrogen (secondary N) is 1. The van der Waals surface area contributed by atoms with Crippen molar-refractivity contribution in [1.82, 2.24) is 15.1 Å². The maximum atomic E-state index is 12.1. The van der Waals surface area contributed by atoms with Crippen LogP contribution in [0.3, 0.4) is 0 Å². The number of rotatable bonds is 3. The quantitative estimate of drug-likeness (QED) is 0.798. The number of amides is 1. The summed E-state index contributed by atoms with van der Waals surface area (Å²) in [5, 5.41) is 3.33. The Labute approximate surface area is 105 Å². The summed E-state index contributed by atoms with van der Waals surface area (Å²) in [6, 6.07) is 0.342. The smallest absolute Gasteiger partial charge is 0.224 e. The molecule has 0 aromatic heterocycles. The van der Waals surface area contributed by atoms with E-state index in [-0.39, 0.29) is 11.4 Å². The molecule has 0 aliphatic carbocycles. The van der Waals surface area contributed by atoms with Gasteiger partial charge in [-0.2, -0.15) is 0 Å². The lowest BCUT2D eigenvalue weighted by Gasteiger charge is -2.36. The van der Waals surface area contributed by atoms with E-state index in [2.05, 4.69) is 37.9 Å². The molecule has 17 heavy (non-hydrogen) atoms. The van der Waals surface area contributed by atoms with E-state index in [1.807, 2.05) is 11.9 Å². The van der Waals surface area contributed by atoms with Crippen molar-refractivity contribution >= 4 is 5.91 Å². The average Bonchev–Trinajstić information content (AvgIpc) is 2.27. The van der Waals surface area contributed by atoms with Crippen LogP contribution in [0.25, 0.3) is 0 Å². The molecular formula is C13H27N3O. The molecule has 1 atom stereocenters. The lowest BCUT2D eigenvalue weighted by atomic mass is 10.0. The zero-order chi connectivity index (χ0) is 13.1. The summed E-state index contributed by atoms with van der Waals surface area (Å²) in [7, 11) is 1.90. The highest BCUT2D eigenvalue weighted by Gasteiger charge is 2.25. The first-order valence-electron chi connectivity index (χ1n) is 6.54. The number of piperazine rings is 1. The molecule has 0 bridgehead atoms. The summed E-state index contributed by atoms with van der Waals surface area (Å²) < 4.78 is 0. The van der Waals surface area contributed by atoms with Gasteiger partial charge in [0, 0.05) is 51.2 Å². The van der Waals surface area contributed by atoms with Gasteiger partial charge in [0.1, 0.15) is 0 Å². The van der Waals surface area contributed by atoms with Crippen molar-refractivity contribution in [2.75, 3.05) is 33.2 Å². The second-order valence-electron chi connectivity index (χ2n) is 5.96. The second-order valence-corrected chi connectivity index (χ2v) is 5.96. The predicted molar refractivity (Wildman–Crippen MR) is 71.0 cm³/mol. The molecule has 0 aromatic rings. The molecule has 0 saturated carbocycles.